The fraction of sp³-hybridized carbons (Fsp3) is 0.538. The van der Waals surface area contributed by atoms with Crippen LogP contribution in [-0.4, -0.2) is 52.6 Å². The molecular weight excluding hydrogens is 280 g/mol. The Morgan fingerprint density at radius 2 is 1.90 bits per heavy atom. The second kappa shape index (κ2) is 5.99. The van der Waals surface area contributed by atoms with Crippen LogP contribution in [0.4, 0.5) is 0 Å². The third kappa shape index (κ3) is 2.61. The zero-order valence-corrected chi connectivity index (χ0v) is 12.7. The van der Waals surface area contributed by atoms with Crippen LogP contribution in [0, 0.1) is 0 Å². The Morgan fingerprint density at radius 1 is 1.25 bits per heavy atom. The minimum absolute atomic E-state index is 0.0260. The fourth-order valence-electron chi connectivity index (χ4n) is 2.21. The number of nitrogens with zero attached hydrogens (tertiary/aromatic N) is 1. The normalized spacial score (nSPS) is 16.0. The molecule has 1 heterocycles. The first-order valence-electron chi connectivity index (χ1n) is 6.49. The first-order chi connectivity index (χ1) is 9.54. The monoisotopic (exact) mass is 300 g/mol. The van der Waals surface area contributed by atoms with E-state index in [2.05, 4.69) is 5.32 Å². The summed E-state index contributed by atoms with van der Waals surface area (Å²) in [6.45, 7) is 3.68. The molecule has 0 radical (unpaired) electrons. The van der Waals surface area contributed by atoms with Crippen LogP contribution in [-0.2, 0) is 10.0 Å². The largest absolute Gasteiger partial charge is 0.493 e. The molecule has 0 amide bonds. The molecule has 20 heavy (non-hydrogen) atoms. The molecule has 0 saturated carbocycles. The maximum atomic E-state index is 12.7. The number of benzene rings is 1. The summed E-state index contributed by atoms with van der Waals surface area (Å²) < 4.78 is 37.1. The molecule has 1 saturated heterocycles. The Hall–Kier alpha value is -1.31. The smallest absolute Gasteiger partial charge is 0.243 e. The molecule has 1 N–H and O–H groups in total. The van der Waals surface area contributed by atoms with E-state index in [-0.39, 0.29) is 10.9 Å². The Balaban J connectivity index is 2.37. The van der Waals surface area contributed by atoms with Crippen LogP contribution in [0.5, 0.6) is 11.5 Å². The Labute approximate surface area is 119 Å². The van der Waals surface area contributed by atoms with Gasteiger partial charge in [0.25, 0.3) is 0 Å². The van der Waals surface area contributed by atoms with Gasteiger partial charge in [-0.3, -0.25) is 0 Å². The molecule has 1 fully saturated rings. The van der Waals surface area contributed by atoms with E-state index in [4.69, 9.17) is 9.47 Å². The van der Waals surface area contributed by atoms with E-state index in [9.17, 15) is 8.42 Å². The molecule has 1 aliphatic rings. The molecule has 1 aromatic carbocycles. The summed E-state index contributed by atoms with van der Waals surface area (Å²) in [5, 5.41) is 3.09. The van der Waals surface area contributed by atoms with Gasteiger partial charge in [-0.15, -0.1) is 0 Å². The van der Waals surface area contributed by atoms with Crippen molar-refractivity contribution in [1.29, 1.82) is 0 Å². The zero-order chi connectivity index (χ0) is 14.8. The van der Waals surface area contributed by atoms with Crippen LogP contribution in [0.3, 0.4) is 0 Å². The van der Waals surface area contributed by atoms with Gasteiger partial charge in [-0.25, -0.2) is 8.42 Å². The summed E-state index contributed by atoms with van der Waals surface area (Å²) in [5.74, 6) is 0.927. The van der Waals surface area contributed by atoms with Gasteiger partial charge in [0.2, 0.25) is 10.0 Å². The van der Waals surface area contributed by atoms with E-state index >= 15 is 0 Å². The van der Waals surface area contributed by atoms with Crippen LogP contribution >= 0.6 is 0 Å². The van der Waals surface area contributed by atoms with E-state index in [1.807, 2.05) is 6.92 Å². The van der Waals surface area contributed by atoms with Crippen LogP contribution < -0.4 is 14.8 Å². The van der Waals surface area contributed by atoms with Crippen molar-refractivity contribution in [2.75, 3.05) is 33.9 Å². The molecule has 6 nitrogen and oxygen atoms in total. The Kier molecular flexibility index (Phi) is 4.52. The SMILES string of the molecule is CCN(C1CNC1)S(=O)(=O)c1ccc(OC)c(OC)c1. The standard InChI is InChI=1S/C13H20N2O4S/c1-4-15(10-8-14-9-10)20(16,17)11-5-6-12(18-2)13(7-11)19-3/h5-7,10,14H,4,8-9H2,1-3H3. The van der Waals surface area contributed by atoms with Crippen LogP contribution in [0.2, 0.25) is 0 Å². The van der Waals surface area contributed by atoms with Gasteiger partial charge in [0.1, 0.15) is 0 Å². The maximum Gasteiger partial charge on any atom is 0.243 e. The third-order valence-corrected chi connectivity index (χ3v) is 5.46. The number of hydrogen-bond acceptors (Lipinski definition) is 5. The molecule has 0 aromatic heterocycles. The number of methoxy groups -OCH3 is 2. The predicted molar refractivity (Wildman–Crippen MR) is 75.8 cm³/mol. The van der Waals surface area contributed by atoms with E-state index in [1.165, 1.54) is 24.6 Å². The maximum absolute atomic E-state index is 12.7. The lowest BCUT2D eigenvalue weighted by Gasteiger charge is -2.36. The van der Waals surface area contributed by atoms with E-state index in [0.717, 1.165) is 0 Å². The average molecular weight is 300 g/mol. The van der Waals surface area contributed by atoms with E-state index in [0.29, 0.717) is 31.1 Å². The minimum Gasteiger partial charge on any atom is -0.493 e. The van der Waals surface area contributed by atoms with Crippen LogP contribution in [0.25, 0.3) is 0 Å². The number of nitrogens with one attached hydrogen (secondary N) is 1. The Morgan fingerprint density at radius 3 is 2.35 bits per heavy atom. The second-order valence-electron chi connectivity index (χ2n) is 4.54. The molecule has 1 aromatic rings. The number of hydrogen-bond donors (Lipinski definition) is 1. The highest BCUT2D eigenvalue weighted by Gasteiger charge is 2.34. The van der Waals surface area contributed by atoms with Gasteiger partial charge in [-0.1, -0.05) is 6.92 Å². The van der Waals surface area contributed by atoms with Gasteiger partial charge in [-0.2, -0.15) is 4.31 Å². The van der Waals surface area contributed by atoms with E-state index < -0.39 is 10.0 Å². The number of ether oxygens (including phenoxy) is 2. The quantitative estimate of drug-likeness (QED) is 0.837. The third-order valence-electron chi connectivity index (χ3n) is 3.44. The predicted octanol–water partition coefficient (Wildman–Crippen LogP) is 0.686. The van der Waals surface area contributed by atoms with Crippen molar-refractivity contribution < 1.29 is 17.9 Å². The van der Waals surface area contributed by atoms with Crippen molar-refractivity contribution in [2.24, 2.45) is 0 Å². The Bertz CT molecular complexity index is 570. The lowest BCUT2D eigenvalue weighted by Crippen LogP contribution is -2.58. The van der Waals surface area contributed by atoms with Gasteiger partial charge in [0, 0.05) is 31.7 Å². The fourth-order valence-corrected chi connectivity index (χ4v) is 3.86. The molecule has 0 aliphatic carbocycles. The van der Waals surface area contributed by atoms with Crippen molar-refractivity contribution in [3.8, 4) is 11.5 Å². The van der Waals surface area contributed by atoms with Crippen molar-refractivity contribution >= 4 is 10.0 Å². The molecule has 112 valence electrons. The minimum atomic E-state index is -3.51. The van der Waals surface area contributed by atoms with Gasteiger partial charge in [0.15, 0.2) is 11.5 Å². The van der Waals surface area contributed by atoms with Crippen molar-refractivity contribution in [1.82, 2.24) is 9.62 Å². The summed E-state index contributed by atoms with van der Waals surface area (Å²) in [6, 6.07) is 4.69. The highest BCUT2D eigenvalue weighted by molar-refractivity contribution is 7.89. The molecule has 0 bridgehead atoms. The highest BCUT2D eigenvalue weighted by Crippen LogP contribution is 2.31. The summed E-state index contributed by atoms with van der Waals surface area (Å²) >= 11 is 0. The summed E-state index contributed by atoms with van der Waals surface area (Å²) in [5.41, 5.74) is 0. The first-order valence-corrected chi connectivity index (χ1v) is 7.93. The summed E-state index contributed by atoms with van der Waals surface area (Å²) in [6.07, 6.45) is 0. The van der Waals surface area contributed by atoms with Gasteiger partial charge in [-0.05, 0) is 12.1 Å². The lowest BCUT2D eigenvalue weighted by molar-refractivity contribution is 0.249. The van der Waals surface area contributed by atoms with Gasteiger partial charge in [0.05, 0.1) is 19.1 Å². The molecule has 0 unspecified atom stereocenters. The van der Waals surface area contributed by atoms with E-state index in [1.54, 1.807) is 12.1 Å². The van der Waals surface area contributed by atoms with Crippen LogP contribution in [0.15, 0.2) is 23.1 Å². The van der Waals surface area contributed by atoms with Crippen molar-refractivity contribution in [2.45, 2.75) is 17.9 Å². The molecule has 0 atom stereocenters. The number of likely N-dealkylation sites (N-methyl/N-ethyl adjacent to an activating group) is 1. The molecule has 2 rings (SSSR count). The van der Waals surface area contributed by atoms with Gasteiger partial charge >= 0.3 is 0 Å². The van der Waals surface area contributed by atoms with Crippen molar-refractivity contribution in [3.05, 3.63) is 18.2 Å². The first kappa shape index (κ1) is 15.1. The lowest BCUT2D eigenvalue weighted by atomic mass is 10.2. The zero-order valence-electron chi connectivity index (χ0n) is 11.9. The topological polar surface area (TPSA) is 67.9 Å². The molecule has 7 heteroatoms. The molecular formula is C13H20N2O4S. The van der Waals surface area contributed by atoms with Crippen molar-refractivity contribution in [3.63, 3.8) is 0 Å². The second-order valence-corrected chi connectivity index (χ2v) is 6.43. The van der Waals surface area contributed by atoms with Crippen LogP contribution in [0.1, 0.15) is 6.92 Å². The highest BCUT2D eigenvalue weighted by atomic mass is 32.2. The average Bonchev–Trinajstić information content (AvgIpc) is 2.41. The summed E-state index contributed by atoms with van der Waals surface area (Å²) in [7, 11) is -0.505. The molecule has 0 spiro atoms. The summed E-state index contributed by atoms with van der Waals surface area (Å²) in [4.78, 5) is 0.226. The number of rotatable bonds is 6. The number of sulfonamides is 1. The van der Waals surface area contributed by atoms with Gasteiger partial charge < -0.3 is 14.8 Å². The molecule has 1 aliphatic heterocycles.